The number of ketones is 4. The molecule has 0 saturated heterocycles. The van der Waals surface area contributed by atoms with E-state index in [1.54, 1.807) is 14.2 Å². The van der Waals surface area contributed by atoms with Crippen LogP contribution in [0.4, 0.5) is 0 Å². The number of rotatable bonds is 8. The highest BCUT2D eigenvalue weighted by Gasteiger charge is 2.55. The fourth-order valence-electron chi connectivity index (χ4n) is 8.86. The number of carbonyl (C=O) groups is 4. The second-order valence-electron chi connectivity index (χ2n) is 12.8. The van der Waals surface area contributed by atoms with Gasteiger partial charge >= 0.3 is 0 Å². The van der Waals surface area contributed by atoms with Crippen molar-refractivity contribution in [3.8, 4) is 11.5 Å². The maximum atomic E-state index is 12.9. The Bertz CT molecular complexity index is 1870. The summed E-state index contributed by atoms with van der Waals surface area (Å²) in [7, 11) is 3.24. The predicted octanol–water partition coefficient (Wildman–Crippen LogP) is 4.93. The van der Waals surface area contributed by atoms with E-state index in [0.29, 0.717) is 24.7 Å². The molecule has 0 spiro atoms. The summed E-state index contributed by atoms with van der Waals surface area (Å²) < 4.78 is 24.5. The number of allylic oxidation sites excluding steroid dienone is 8. The smallest absolute Gasteiger partial charge is 0.226 e. The van der Waals surface area contributed by atoms with E-state index < -0.39 is 46.8 Å². The minimum atomic E-state index is -0.546. The number of ether oxygens (including phenoxy) is 4. The van der Waals surface area contributed by atoms with Crippen molar-refractivity contribution in [2.45, 2.75) is 23.7 Å². The molecular formula is C40H30O8. The van der Waals surface area contributed by atoms with Crippen molar-refractivity contribution in [1.82, 2.24) is 0 Å². The molecule has 0 radical (unpaired) electrons. The maximum Gasteiger partial charge on any atom is 0.226 e. The number of benzene rings is 3. The molecule has 0 saturated carbocycles. The Kier molecular flexibility index (Phi) is 6.44. The molecular weight excluding hydrogens is 608 g/mol. The molecule has 0 heterocycles. The fraction of sp³-hybridized carbons (Fsp3) is 0.250. The summed E-state index contributed by atoms with van der Waals surface area (Å²) in [6.07, 6.45) is 5.98. The molecule has 11 rings (SSSR count). The van der Waals surface area contributed by atoms with Gasteiger partial charge in [0.1, 0.15) is 24.7 Å². The third-order valence-electron chi connectivity index (χ3n) is 10.6. The quantitative estimate of drug-likeness (QED) is 0.195. The summed E-state index contributed by atoms with van der Waals surface area (Å²) in [6.45, 7) is 1.20. The molecule has 0 N–H and O–H groups in total. The Morgan fingerprint density at radius 1 is 0.438 bits per heavy atom. The van der Waals surface area contributed by atoms with Crippen LogP contribution in [0.25, 0.3) is 0 Å². The normalized spacial score (nSPS) is 23.5. The van der Waals surface area contributed by atoms with Crippen LogP contribution in [0.5, 0.6) is 11.5 Å². The minimum absolute atomic E-state index is 0.260. The lowest BCUT2D eigenvalue weighted by atomic mass is 9.53. The van der Waals surface area contributed by atoms with Crippen molar-refractivity contribution in [3.63, 3.8) is 0 Å². The van der Waals surface area contributed by atoms with E-state index in [4.69, 9.17) is 18.9 Å². The van der Waals surface area contributed by atoms with Gasteiger partial charge in [-0.25, -0.2) is 0 Å². The van der Waals surface area contributed by atoms with Crippen LogP contribution in [0.2, 0.25) is 0 Å². The molecule has 48 heavy (non-hydrogen) atoms. The van der Waals surface area contributed by atoms with Gasteiger partial charge in [-0.2, -0.15) is 0 Å². The van der Waals surface area contributed by atoms with Gasteiger partial charge in [-0.15, -0.1) is 0 Å². The van der Waals surface area contributed by atoms with Crippen LogP contribution in [0.15, 0.2) is 95.1 Å². The first-order valence-electron chi connectivity index (χ1n) is 16.1. The largest absolute Gasteiger partial charge is 0.491 e. The summed E-state index contributed by atoms with van der Waals surface area (Å²) >= 11 is 0. The average molecular weight is 639 g/mol. The summed E-state index contributed by atoms with van der Waals surface area (Å²) in [5, 5.41) is 0. The molecule has 8 nitrogen and oxygen atoms in total. The molecule has 8 aliphatic rings. The first-order chi connectivity index (χ1) is 23.4. The second kappa shape index (κ2) is 10.7. The molecule has 238 valence electrons. The number of carbonyl (C=O) groups excluding carboxylic acids is 4. The SMILES string of the molecule is COCCOc1c2c(c(OCCOC)c3c1[C@@H]1C4=CC(=O)C(=O)C=C4[C@H]3c3ccccc31)[C@H]1C3=CC(=O)C(=O)C=C3[C@@H]2c2ccccc21. The highest BCUT2D eigenvalue weighted by atomic mass is 16.5. The molecule has 4 bridgehead atoms. The molecule has 0 amide bonds. The van der Waals surface area contributed by atoms with Crippen LogP contribution >= 0.6 is 0 Å². The van der Waals surface area contributed by atoms with Crippen LogP contribution in [0, 0.1) is 0 Å². The Labute approximate surface area is 276 Å². The molecule has 0 aliphatic heterocycles. The van der Waals surface area contributed by atoms with Gasteiger partial charge < -0.3 is 18.9 Å². The maximum absolute atomic E-state index is 12.9. The summed E-state index contributed by atoms with van der Waals surface area (Å²) in [5.74, 6) is -2.50. The topological polar surface area (TPSA) is 105 Å². The number of hydrogen-bond donors (Lipinski definition) is 0. The Hall–Kier alpha value is -5.18. The predicted molar refractivity (Wildman–Crippen MR) is 174 cm³/mol. The molecule has 0 unspecified atom stereocenters. The fourth-order valence-corrected chi connectivity index (χ4v) is 8.86. The third kappa shape index (κ3) is 3.78. The van der Waals surface area contributed by atoms with E-state index in [1.807, 2.05) is 24.3 Å². The van der Waals surface area contributed by atoms with Gasteiger partial charge in [0.25, 0.3) is 0 Å². The summed E-state index contributed by atoms with van der Waals surface area (Å²) in [4.78, 5) is 51.8. The van der Waals surface area contributed by atoms with Crippen molar-refractivity contribution in [2.75, 3.05) is 40.6 Å². The Morgan fingerprint density at radius 3 is 0.958 bits per heavy atom. The zero-order valence-electron chi connectivity index (χ0n) is 26.3. The van der Waals surface area contributed by atoms with Crippen LogP contribution in [0.1, 0.15) is 68.2 Å². The minimum Gasteiger partial charge on any atom is -0.491 e. The van der Waals surface area contributed by atoms with Gasteiger partial charge in [0.2, 0.25) is 23.1 Å². The first kappa shape index (κ1) is 29.0. The van der Waals surface area contributed by atoms with Gasteiger partial charge in [0, 0.05) is 60.1 Å². The van der Waals surface area contributed by atoms with Crippen molar-refractivity contribution >= 4 is 23.1 Å². The zero-order valence-corrected chi connectivity index (χ0v) is 26.3. The van der Waals surface area contributed by atoms with E-state index in [0.717, 1.165) is 66.8 Å². The van der Waals surface area contributed by atoms with Gasteiger partial charge in [-0.1, -0.05) is 48.5 Å². The van der Waals surface area contributed by atoms with E-state index in [-0.39, 0.29) is 13.2 Å². The average Bonchev–Trinajstić information content (AvgIpc) is 3.09. The lowest BCUT2D eigenvalue weighted by Gasteiger charge is -2.51. The van der Waals surface area contributed by atoms with E-state index in [2.05, 4.69) is 24.3 Å². The highest BCUT2D eigenvalue weighted by Crippen LogP contribution is 2.69. The molecule has 0 aromatic heterocycles. The zero-order chi connectivity index (χ0) is 32.8. The van der Waals surface area contributed by atoms with Gasteiger partial charge in [0.05, 0.1) is 13.2 Å². The molecule has 0 fully saturated rings. The molecule has 3 aromatic carbocycles. The van der Waals surface area contributed by atoms with Crippen LogP contribution < -0.4 is 9.47 Å². The lowest BCUT2D eigenvalue weighted by molar-refractivity contribution is -0.131. The molecule has 8 aliphatic carbocycles. The highest BCUT2D eigenvalue weighted by molar-refractivity contribution is 6.47. The van der Waals surface area contributed by atoms with E-state index in [9.17, 15) is 19.2 Å². The van der Waals surface area contributed by atoms with Crippen LogP contribution in [0.3, 0.4) is 0 Å². The van der Waals surface area contributed by atoms with Gasteiger partial charge in [-0.05, 0) is 68.9 Å². The van der Waals surface area contributed by atoms with Crippen molar-refractivity contribution in [3.05, 3.63) is 140 Å². The van der Waals surface area contributed by atoms with Crippen molar-refractivity contribution in [1.29, 1.82) is 0 Å². The molecule has 4 atom stereocenters. The van der Waals surface area contributed by atoms with Crippen LogP contribution in [-0.4, -0.2) is 63.8 Å². The van der Waals surface area contributed by atoms with Gasteiger partial charge in [0.15, 0.2) is 0 Å². The van der Waals surface area contributed by atoms with Crippen LogP contribution in [-0.2, 0) is 28.7 Å². The monoisotopic (exact) mass is 638 g/mol. The van der Waals surface area contributed by atoms with Crippen molar-refractivity contribution in [2.24, 2.45) is 0 Å². The molecule has 3 aromatic rings. The Morgan fingerprint density at radius 2 is 0.708 bits per heavy atom. The molecule has 8 heteroatoms. The third-order valence-corrected chi connectivity index (χ3v) is 10.6. The summed E-state index contributed by atoms with van der Waals surface area (Å²) in [5.41, 5.74) is 10.9. The van der Waals surface area contributed by atoms with E-state index in [1.165, 1.54) is 24.3 Å². The standard InChI is InChI=1S/C40H30O8/c1-45-11-13-47-39-35-31-19-7-3-5-9-21(19)33(25-17-29(43)27(41)15-23(25)31)37(35)40(48-14-12-46-2)38-34-22-10-6-4-8-20(22)32(36(38)39)24-16-28(42)30(44)18-26(24)34/h3-10,15-18,31-34H,11-14H2,1-2H3/t31-,32-,33+,34+. The first-order valence-corrected chi connectivity index (χ1v) is 16.1. The Balaban J connectivity index is 1.44. The van der Waals surface area contributed by atoms with E-state index >= 15 is 0 Å². The lowest BCUT2D eigenvalue weighted by Crippen LogP contribution is -2.38. The van der Waals surface area contributed by atoms with Crippen molar-refractivity contribution < 1.29 is 38.1 Å². The number of hydrogen-bond acceptors (Lipinski definition) is 8. The summed E-state index contributed by atoms with van der Waals surface area (Å²) in [6, 6.07) is 16.3. The van der Waals surface area contributed by atoms with Gasteiger partial charge in [-0.3, -0.25) is 19.2 Å². The number of methoxy groups -OCH3 is 2. The second-order valence-corrected chi connectivity index (χ2v) is 12.8.